The number of amides is 1. The van der Waals surface area contributed by atoms with Crippen LogP contribution in [0, 0.1) is 11.8 Å². The van der Waals surface area contributed by atoms with Crippen molar-refractivity contribution < 1.29 is 17.9 Å². The number of piperidine rings is 1. The van der Waals surface area contributed by atoms with Crippen molar-refractivity contribution >= 4 is 38.9 Å². The molecule has 178 valence electrons. The molecule has 0 radical (unpaired) electrons. The minimum atomic E-state index is -3.51. The summed E-state index contributed by atoms with van der Waals surface area (Å²) in [4.78, 5) is 12.8. The molecule has 1 amide bonds. The largest absolute Gasteiger partial charge is 0.493 e. The number of anilines is 1. The van der Waals surface area contributed by atoms with Gasteiger partial charge in [0, 0.05) is 24.3 Å². The summed E-state index contributed by atoms with van der Waals surface area (Å²) < 4.78 is 32.9. The van der Waals surface area contributed by atoms with Crippen LogP contribution >= 0.6 is 12.2 Å². The van der Waals surface area contributed by atoms with Gasteiger partial charge >= 0.3 is 0 Å². The normalized spacial score (nSPS) is 15.3. The molecule has 0 atom stereocenters. The summed E-state index contributed by atoms with van der Waals surface area (Å²) in [6.07, 6.45) is 1.75. The lowest BCUT2D eigenvalue weighted by atomic mass is 10.0. The second-order valence-electron chi connectivity index (χ2n) is 8.75. The zero-order valence-corrected chi connectivity index (χ0v) is 20.8. The number of hydrogen-bond acceptors (Lipinski definition) is 5. The second kappa shape index (κ2) is 11.1. The molecule has 33 heavy (non-hydrogen) atoms. The third-order valence-electron chi connectivity index (χ3n) is 5.40. The fraction of sp³-hybridized carbons (Fsp3) is 0.417. The Bertz CT molecular complexity index is 1080. The van der Waals surface area contributed by atoms with Crippen LogP contribution in [0.1, 0.15) is 44.0 Å². The van der Waals surface area contributed by atoms with E-state index in [-0.39, 0.29) is 15.9 Å². The predicted octanol–water partition coefficient (Wildman–Crippen LogP) is 4.27. The smallest absolute Gasteiger partial charge is 0.257 e. The summed E-state index contributed by atoms with van der Waals surface area (Å²) in [6.45, 7) is 7.90. The number of carbonyl (C=O) groups is 1. The van der Waals surface area contributed by atoms with Crippen molar-refractivity contribution in [2.75, 3.05) is 25.0 Å². The molecular formula is C24H31N3O4S2. The van der Waals surface area contributed by atoms with Crippen molar-refractivity contribution in [3.8, 4) is 5.75 Å². The van der Waals surface area contributed by atoms with E-state index in [2.05, 4.69) is 31.4 Å². The van der Waals surface area contributed by atoms with Gasteiger partial charge < -0.3 is 10.1 Å². The fourth-order valence-corrected chi connectivity index (χ4v) is 5.09. The van der Waals surface area contributed by atoms with Crippen LogP contribution in [0.15, 0.2) is 53.4 Å². The Morgan fingerprint density at radius 2 is 1.82 bits per heavy atom. The van der Waals surface area contributed by atoms with E-state index in [4.69, 9.17) is 17.0 Å². The van der Waals surface area contributed by atoms with Crippen LogP contribution in [-0.2, 0) is 10.0 Å². The molecule has 0 aliphatic carbocycles. The summed E-state index contributed by atoms with van der Waals surface area (Å²) in [6, 6.07) is 13.3. The van der Waals surface area contributed by atoms with Gasteiger partial charge in [-0.2, -0.15) is 4.31 Å². The molecule has 1 heterocycles. The highest BCUT2D eigenvalue weighted by molar-refractivity contribution is 7.89. The summed E-state index contributed by atoms with van der Waals surface area (Å²) in [5.41, 5.74) is 1.01. The van der Waals surface area contributed by atoms with Crippen LogP contribution in [0.4, 0.5) is 5.69 Å². The van der Waals surface area contributed by atoms with Crippen LogP contribution in [0.2, 0.25) is 0 Å². The number of hydrogen-bond donors (Lipinski definition) is 2. The second-order valence-corrected chi connectivity index (χ2v) is 11.1. The van der Waals surface area contributed by atoms with Gasteiger partial charge in [0.25, 0.3) is 5.91 Å². The monoisotopic (exact) mass is 489 g/mol. The first-order chi connectivity index (χ1) is 15.6. The van der Waals surface area contributed by atoms with Crippen LogP contribution in [0.25, 0.3) is 0 Å². The highest BCUT2D eigenvalue weighted by atomic mass is 32.2. The summed E-state index contributed by atoms with van der Waals surface area (Å²) in [5.74, 6) is 1.19. The average molecular weight is 490 g/mol. The topological polar surface area (TPSA) is 87.7 Å². The van der Waals surface area contributed by atoms with E-state index in [0.717, 1.165) is 12.8 Å². The molecule has 0 aromatic heterocycles. The molecule has 3 rings (SSSR count). The predicted molar refractivity (Wildman–Crippen MR) is 134 cm³/mol. The Hall–Kier alpha value is -2.49. The Morgan fingerprint density at radius 3 is 2.45 bits per heavy atom. The SMILES string of the molecule is CC(C)COc1cccc(C(=O)NC(=S)Nc2ccc(S(=O)(=O)N3CCC(C)CC3)cc2)c1. The van der Waals surface area contributed by atoms with E-state index in [1.165, 1.54) is 0 Å². The third-order valence-corrected chi connectivity index (χ3v) is 7.52. The Labute approximate surface area is 201 Å². The van der Waals surface area contributed by atoms with Gasteiger partial charge in [-0.25, -0.2) is 8.42 Å². The van der Waals surface area contributed by atoms with E-state index >= 15 is 0 Å². The molecule has 0 unspecified atom stereocenters. The Morgan fingerprint density at radius 1 is 1.15 bits per heavy atom. The van der Waals surface area contributed by atoms with Gasteiger partial charge in [-0.3, -0.25) is 10.1 Å². The first-order valence-electron chi connectivity index (χ1n) is 11.1. The molecule has 0 bridgehead atoms. The standard InChI is InChI=1S/C24H31N3O4S2/c1-17(2)16-31-21-6-4-5-19(15-21)23(28)26-24(32)25-20-7-9-22(10-8-20)33(29,30)27-13-11-18(3)12-14-27/h4-10,15,17-18H,11-14,16H2,1-3H3,(H2,25,26,28,32). The van der Waals surface area contributed by atoms with Crippen molar-refractivity contribution in [3.05, 3.63) is 54.1 Å². The molecule has 9 heteroatoms. The van der Waals surface area contributed by atoms with Gasteiger partial charge in [0.2, 0.25) is 10.0 Å². The van der Waals surface area contributed by atoms with Gasteiger partial charge in [0.15, 0.2) is 5.11 Å². The van der Waals surface area contributed by atoms with Gasteiger partial charge in [0.1, 0.15) is 5.75 Å². The molecule has 1 aliphatic heterocycles. The fourth-order valence-electron chi connectivity index (χ4n) is 3.41. The zero-order chi connectivity index (χ0) is 24.0. The lowest BCUT2D eigenvalue weighted by Crippen LogP contribution is -2.37. The number of carbonyl (C=O) groups excluding carboxylic acids is 1. The van der Waals surface area contributed by atoms with Gasteiger partial charge in [-0.05, 0) is 79.4 Å². The molecule has 2 aromatic rings. The Balaban J connectivity index is 1.57. The van der Waals surface area contributed by atoms with Gasteiger partial charge in [0.05, 0.1) is 11.5 Å². The molecule has 0 saturated carbocycles. The Kier molecular flexibility index (Phi) is 8.45. The average Bonchev–Trinajstić information content (AvgIpc) is 2.78. The van der Waals surface area contributed by atoms with E-state index in [1.807, 2.05) is 0 Å². The van der Waals surface area contributed by atoms with Crippen molar-refractivity contribution in [3.63, 3.8) is 0 Å². The minimum Gasteiger partial charge on any atom is -0.493 e. The molecule has 1 aliphatic rings. The maximum absolute atomic E-state index is 12.9. The summed E-state index contributed by atoms with van der Waals surface area (Å²) in [7, 11) is -3.51. The number of thiocarbonyl (C=S) groups is 1. The molecular weight excluding hydrogens is 458 g/mol. The summed E-state index contributed by atoms with van der Waals surface area (Å²) in [5, 5.41) is 5.68. The lowest BCUT2D eigenvalue weighted by Gasteiger charge is -2.29. The van der Waals surface area contributed by atoms with Crippen molar-refractivity contribution in [2.45, 2.75) is 38.5 Å². The molecule has 7 nitrogen and oxygen atoms in total. The van der Waals surface area contributed by atoms with E-state index < -0.39 is 10.0 Å². The zero-order valence-electron chi connectivity index (χ0n) is 19.2. The number of sulfonamides is 1. The number of nitrogens with one attached hydrogen (secondary N) is 2. The van der Waals surface area contributed by atoms with Crippen LogP contribution in [0.5, 0.6) is 5.75 Å². The lowest BCUT2D eigenvalue weighted by molar-refractivity contribution is 0.0977. The first-order valence-corrected chi connectivity index (χ1v) is 13.0. The number of benzene rings is 2. The third kappa shape index (κ3) is 6.99. The first kappa shape index (κ1) is 25.1. The summed E-state index contributed by atoms with van der Waals surface area (Å²) >= 11 is 5.25. The molecule has 0 spiro atoms. The van der Waals surface area contributed by atoms with E-state index in [1.54, 1.807) is 52.8 Å². The molecule has 1 fully saturated rings. The number of ether oxygens (including phenoxy) is 1. The molecule has 2 aromatic carbocycles. The van der Waals surface area contributed by atoms with Crippen LogP contribution < -0.4 is 15.4 Å². The van der Waals surface area contributed by atoms with Crippen molar-refractivity contribution in [2.24, 2.45) is 11.8 Å². The van der Waals surface area contributed by atoms with Crippen molar-refractivity contribution in [1.82, 2.24) is 9.62 Å². The maximum Gasteiger partial charge on any atom is 0.257 e. The number of rotatable bonds is 7. The van der Waals surface area contributed by atoms with E-state index in [9.17, 15) is 13.2 Å². The molecule has 1 saturated heterocycles. The number of nitrogens with zero attached hydrogens (tertiary/aromatic N) is 1. The quantitative estimate of drug-likeness (QED) is 0.565. The minimum absolute atomic E-state index is 0.120. The highest BCUT2D eigenvalue weighted by Crippen LogP contribution is 2.24. The van der Waals surface area contributed by atoms with Crippen LogP contribution in [-0.4, -0.2) is 43.4 Å². The van der Waals surface area contributed by atoms with Gasteiger partial charge in [-0.1, -0.05) is 26.8 Å². The molecule has 2 N–H and O–H groups in total. The van der Waals surface area contributed by atoms with E-state index in [0.29, 0.717) is 48.5 Å². The van der Waals surface area contributed by atoms with Crippen LogP contribution in [0.3, 0.4) is 0 Å². The van der Waals surface area contributed by atoms with Crippen molar-refractivity contribution in [1.29, 1.82) is 0 Å². The van der Waals surface area contributed by atoms with Gasteiger partial charge in [-0.15, -0.1) is 0 Å². The highest BCUT2D eigenvalue weighted by Gasteiger charge is 2.27. The maximum atomic E-state index is 12.9.